The number of aromatic nitrogens is 3. The van der Waals surface area contributed by atoms with Crippen molar-refractivity contribution in [3.8, 4) is 0 Å². The Morgan fingerprint density at radius 1 is 1.32 bits per heavy atom. The van der Waals surface area contributed by atoms with Gasteiger partial charge in [-0.2, -0.15) is 4.98 Å². The van der Waals surface area contributed by atoms with Crippen molar-refractivity contribution in [3.63, 3.8) is 0 Å². The number of anilines is 2. The Morgan fingerprint density at radius 3 is 2.82 bits per heavy atom. The Hall–Kier alpha value is -2.74. The molecule has 8 heteroatoms. The number of rotatable bonds is 4. The maximum atomic E-state index is 12.8. The average molecular weight is 398 g/mol. The van der Waals surface area contributed by atoms with Gasteiger partial charge in [-0.25, -0.2) is 4.52 Å². The second kappa shape index (κ2) is 7.01. The number of nitrogens with zero attached hydrogens (tertiary/aromatic N) is 4. The molecule has 1 saturated heterocycles. The van der Waals surface area contributed by atoms with E-state index in [1.165, 1.54) is 11.3 Å². The van der Waals surface area contributed by atoms with Gasteiger partial charge in [0.1, 0.15) is 0 Å². The van der Waals surface area contributed by atoms with E-state index in [1.54, 1.807) is 9.42 Å². The number of hydrogen-bond acceptors (Lipinski definition) is 5. The highest BCUT2D eigenvalue weighted by atomic mass is 32.1. The monoisotopic (exact) mass is 397 g/mol. The molecule has 3 heterocycles. The Balaban J connectivity index is 1.52. The second-order valence-corrected chi connectivity index (χ2v) is 8.39. The minimum absolute atomic E-state index is 0.0191. The molecule has 0 spiro atoms. The summed E-state index contributed by atoms with van der Waals surface area (Å²) in [6, 6.07) is 6.04. The molecule has 0 aliphatic carbocycles. The fourth-order valence-electron chi connectivity index (χ4n) is 3.70. The molecule has 2 aromatic heterocycles. The summed E-state index contributed by atoms with van der Waals surface area (Å²) in [6.07, 6.45) is 1.04. The van der Waals surface area contributed by atoms with E-state index in [4.69, 9.17) is 0 Å². The van der Waals surface area contributed by atoms with Crippen LogP contribution in [0.15, 0.2) is 18.2 Å². The first kappa shape index (κ1) is 18.6. The first-order valence-electron chi connectivity index (χ1n) is 9.41. The minimum Gasteiger partial charge on any atom is -0.311 e. The van der Waals surface area contributed by atoms with Gasteiger partial charge in [0.25, 0.3) is 0 Å². The zero-order valence-corrected chi connectivity index (χ0v) is 17.3. The van der Waals surface area contributed by atoms with Gasteiger partial charge in [0.15, 0.2) is 0 Å². The lowest BCUT2D eigenvalue weighted by molar-refractivity contribution is -0.122. The van der Waals surface area contributed by atoms with Crippen LogP contribution < -0.4 is 10.2 Å². The molecule has 2 amide bonds. The lowest BCUT2D eigenvalue weighted by Crippen LogP contribution is -2.29. The molecule has 1 atom stereocenters. The van der Waals surface area contributed by atoms with E-state index in [0.29, 0.717) is 6.54 Å². The van der Waals surface area contributed by atoms with E-state index < -0.39 is 5.92 Å². The molecule has 0 radical (unpaired) electrons. The van der Waals surface area contributed by atoms with Crippen LogP contribution in [-0.2, 0) is 16.0 Å². The van der Waals surface area contributed by atoms with E-state index in [-0.39, 0.29) is 24.2 Å². The number of carbonyl (C=O) groups is 2. The average Bonchev–Trinajstić information content (AvgIpc) is 3.30. The van der Waals surface area contributed by atoms with E-state index >= 15 is 0 Å². The van der Waals surface area contributed by atoms with Gasteiger partial charge >= 0.3 is 0 Å². The minimum atomic E-state index is -0.416. The third kappa shape index (κ3) is 3.07. The molecule has 1 unspecified atom stereocenters. The Morgan fingerprint density at radius 2 is 2.11 bits per heavy atom. The van der Waals surface area contributed by atoms with Gasteiger partial charge in [0.2, 0.25) is 22.7 Å². The molecule has 3 aromatic rings. The quantitative estimate of drug-likeness (QED) is 0.733. The molecule has 0 bridgehead atoms. The van der Waals surface area contributed by atoms with Crippen molar-refractivity contribution in [2.24, 2.45) is 5.92 Å². The molecule has 146 valence electrons. The van der Waals surface area contributed by atoms with Gasteiger partial charge in [0, 0.05) is 23.5 Å². The van der Waals surface area contributed by atoms with Gasteiger partial charge in [-0.1, -0.05) is 36.5 Å². The lowest BCUT2D eigenvalue weighted by Gasteiger charge is -2.22. The van der Waals surface area contributed by atoms with Crippen LogP contribution in [-0.4, -0.2) is 33.0 Å². The molecule has 1 aliphatic rings. The number of aryl methyl sites for hydroxylation is 4. The number of amides is 2. The predicted molar refractivity (Wildman–Crippen MR) is 110 cm³/mol. The summed E-state index contributed by atoms with van der Waals surface area (Å²) in [5.74, 6) is -0.360. The highest BCUT2D eigenvalue weighted by molar-refractivity contribution is 7.17. The predicted octanol–water partition coefficient (Wildman–Crippen LogP) is 3.27. The van der Waals surface area contributed by atoms with Crippen LogP contribution in [0.1, 0.15) is 35.0 Å². The highest BCUT2D eigenvalue weighted by Gasteiger charge is 2.36. The molecule has 1 N–H and O–H groups in total. The van der Waals surface area contributed by atoms with Crippen molar-refractivity contribution >= 4 is 39.7 Å². The number of nitrogens with one attached hydrogen (secondary N) is 1. The maximum absolute atomic E-state index is 12.8. The van der Waals surface area contributed by atoms with E-state index in [0.717, 1.165) is 38.8 Å². The third-order valence-corrected chi connectivity index (χ3v) is 6.40. The molecular formula is C20H23N5O2S. The van der Waals surface area contributed by atoms with Crippen LogP contribution >= 0.6 is 11.3 Å². The zero-order valence-electron chi connectivity index (χ0n) is 16.4. The van der Waals surface area contributed by atoms with E-state index in [1.807, 2.05) is 39.0 Å². The van der Waals surface area contributed by atoms with Gasteiger partial charge in [-0.3, -0.25) is 14.9 Å². The SMILES string of the molecule is CCc1cccc(C)c1N1CC(C(=O)Nc2nc3sc(C)c(C)n3n2)CC1=O. The van der Waals surface area contributed by atoms with Gasteiger partial charge < -0.3 is 4.90 Å². The Labute approximate surface area is 167 Å². The molecule has 1 aliphatic heterocycles. The van der Waals surface area contributed by atoms with E-state index in [2.05, 4.69) is 22.3 Å². The molecule has 1 fully saturated rings. The fraction of sp³-hybridized carbons (Fsp3) is 0.400. The van der Waals surface area contributed by atoms with Crippen molar-refractivity contribution in [2.75, 3.05) is 16.8 Å². The topological polar surface area (TPSA) is 79.6 Å². The number of fused-ring (bicyclic) bond motifs is 1. The standard InChI is InChI=1S/C20H23N5O2S/c1-5-14-8-6-7-11(2)17(14)24-10-15(9-16(24)26)18(27)21-19-22-20-25(23-19)12(3)13(4)28-20/h6-8,15H,5,9-10H2,1-4H3,(H,21,23,27). The van der Waals surface area contributed by atoms with Crippen LogP contribution in [0.25, 0.3) is 4.96 Å². The van der Waals surface area contributed by atoms with Crippen molar-refractivity contribution < 1.29 is 9.59 Å². The molecule has 0 saturated carbocycles. The van der Waals surface area contributed by atoms with Crippen molar-refractivity contribution in [1.29, 1.82) is 0 Å². The van der Waals surface area contributed by atoms with Crippen LogP contribution in [0.5, 0.6) is 0 Å². The van der Waals surface area contributed by atoms with Crippen LogP contribution in [0.3, 0.4) is 0 Å². The molecule has 28 heavy (non-hydrogen) atoms. The summed E-state index contributed by atoms with van der Waals surface area (Å²) in [5.41, 5.74) is 4.13. The number of benzene rings is 1. The maximum Gasteiger partial charge on any atom is 0.250 e. The lowest BCUT2D eigenvalue weighted by atomic mass is 10.0. The normalized spacial score (nSPS) is 16.9. The number of thiazole rings is 1. The summed E-state index contributed by atoms with van der Waals surface area (Å²) in [4.78, 5) is 33.4. The Bertz CT molecular complexity index is 1080. The van der Waals surface area contributed by atoms with Crippen LogP contribution in [0.4, 0.5) is 11.6 Å². The zero-order chi connectivity index (χ0) is 20.0. The molecule has 4 rings (SSSR count). The second-order valence-electron chi connectivity index (χ2n) is 7.20. The fourth-order valence-corrected chi connectivity index (χ4v) is 4.60. The smallest absolute Gasteiger partial charge is 0.250 e. The van der Waals surface area contributed by atoms with Crippen molar-refractivity contribution in [2.45, 2.75) is 40.5 Å². The van der Waals surface area contributed by atoms with Crippen molar-refractivity contribution in [3.05, 3.63) is 39.9 Å². The summed E-state index contributed by atoms with van der Waals surface area (Å²) in [5, 5.41) is 7.16. The number of hydrogen-bond donors (Lipinski definition) is 1. The van der Waals surface area contributed by atoms with E-state index in [9.17, 15) is 9.59 Å². The summed E-state index contributed by atoms with van der Waals surface area (Å²) >= 11 is 1.54. The van der Waals surface area contributed by atoms with Crippen LogP contribution in [0.2, 0.25) is 0 Å². The largest absolute Gasteiger partial charge is 0.311 e. The first-order chi connectivity index (χ1) is 13.4. The van der Waals surface area contributed by atoms with Gasteiger partial charge in [-0.15, -0.1) is 5.10 Å². The van der Waals surface area contributed by atoms with Crippen molar-refractivity contribution in [1.82, 2.24) is 14.6 Å². The number of para-hydroxylation sites is 1. The highest BCUT2D eigenvalue weighted by Crippen LogP contribution is 2.32. The number of carbonyl (C=O) groups excluding carboxylic acids is 2. The molecule has 7 nitrogen and oxygen atoms in total. The van der Waals surface area contributed by atoms with Crippen LogP contribution in [0, 0.1) is 26.7 Å². The first-order valence-corrected chi connectivity index (χ1v) is 10.2. The summed E-state index contributed by atoms with van der Waals surface area (Å²) in [6.45, 7) is 8.44. The molecule has 1 aromatic carbocycles. The Kier molecular flexibility index (Phi) is 4.66. The van der Waals surface area contributed by atoms with Gasteiger partial charge in [0.05, 0.1) is 11.6 Å². The summed E-state index contributed by atoms with van der Waals surface area (Å²) < 4.78 is 1.74. The van der Waals surface area contributed by atoms with Gasteiger partial charge in [-0.05, 0) is 38.3 Å². The molecular weight excluding hydrogens is 374 g/mol. The summed E-state index contributed by atoms with van der Waals surface area (Å²) in [7, 11) is 0. The third-order valence-electron chi connectivity index (χ3n) is 5.35.